The fraction of sp³-hybridized carbons (Fsp3) is 0.0909. The summed E-state index contributed by atoms with van der Waals surface area (Å²) in [5, 5.41) is 15.4. The van der Waals surface area contributed by atoms with Crippen molar-refractivity contribution in [1.82, 2.24) is 9.94 Å². The molecule has 0 unspecified atom stereocenters. The molecule has 0 aliphatic rings. The molecule has 0 saturated heterocycles. The molecule has 0 saturated carbocycles. The van der Waals surface area contributed by atoms with Crippen LogP contribution in [0.5, 0.6) is 5.88 Å². The van der Waals surface area contributed by atoms with Crippen LogP contribution < -0.4 is 4.74 Å². The molecule has 1 heterocycles. The second-order valence-electron chi connectivity index (χ2n) is 3.62. The van der Waals surface area contributed by atoms with Gasteiger partial charge in [0.2, 0.25) is 11.8 Å². The van der Waals surface area contributed by atoms with E-state index in [0.717, 1.165) is 6.07 Å². The summed E-state index contributed by atoms with van der Waals surface area (Å²) in [4.78, 5) is 14.4. The average Bonchev–Trinajstić information content (AvgIpc) is 2.83. The molecule has 0 aliphatic carbocycles. The Morgan fingerprint density at radius 1 is 1.55 bits per heavy atom. The molecule has 1 aromatic carbocycles. The van der Waals surface area contributed by atoms with Crippen LogP contribution in [0.15, 0.2) is 35.6 Å². The third-order valence-electron chi connectivity index (χ3n) is 2.40. The number of rotatable bonds is 4. The van der Waals surface area contributed by atoms with Crippen molar-refractivity contribution in [3.05, 3.63) is 57.8 Å². The molecule has 20 heavy (non-hydrogen) atoms. The average molecular weight is 277 g/mol. The van der Waals surface area contributed by atoms with Crippen molar-refractivity contribution in [1.29, 1.82) is 0 Å². The van der Waals surface area contributed by atoms with E-state index in [-0.39, 0.29) is 23.6 Å². The number of carbonyl (C=O) groups is 1. The lowest BCUT2D eigenvalue weighted by molar-refractivity contribution is 0.0996. The quantitative estimate of drug-likeness (QED) is 0.399. The van der Waals surface area contributed by atoms with Crippen LogP contribution in [0.1, 0.15) is 15.9 Å². The number of hydrogen-bond donors (Lipinski definition) is 1. The number of amides is 1. The van der Waals surface area contributed by atoms with Crippen molar-refractivity contribution in [2.75, 3.05) is 0 Å². The highest BCUT2D eigenvalue weighted by molar-refractivity contribution is 5.96. The first-order valence-electron chi connectivity index (χ1n) is 5.36. The van der Waals surface area contributed by atoms with Crippen LogP contribution in [0.2, 0.25) is 0 Å². The van der Waals surface area contributed by atoms with Gasteiger partial charge in [0.15, 0.2) is 0 Å². The smallest absolute Gasteiger partial charge is 0.249 e. The van der Waals surface area contributed by atoms with Gasteiger partial charge in [0.05, 0.1) is 6.20 Å². The number of ether oxygens (including phenoxy) is 1. The molecule has 9 heteroatoms. The molecule has 0 bridgehead atoms. The highest BCUT2D eigenvalue weighted by Gasteiger charge is 2.15. The van der Waals surface area contributed by atoms with Crippen LogP contribution in [0.3, 0.4) is 0 Å². The molecular formula is C11H8FN5O3. The molecule has 2 rings (SSSR count). The maximum atomic E-state index is 13.7. The molecule has 0 aliphatic heterocycles. The second kappa shape index (κ2) is 5.72. The summed E-state index contributed by atoms with van der Waals surface area (Å²) in [6.45, 7) is -0.300. The van der Waals surface area contributed by atoms with Crippen molar-refractivity contribution < 1.29 is 19.1 Å². The van der Waals surface area contributed by atoms with E-state index in [2.05, 4.69) is 15.1 Å². The topological polar surface area (TPSA) is 113 Å². The van der Waals surface area contributed by atoms with Gasteiger partial charge < -0.3 is 9.94 Å². The Morgan fingerprint density at radius 2 is 2.35 bits per heavy atom. The maximum absolute atomic E-state index is 13.7. The second-order valence-corrected chi connectivity index (χ2v) is 3.62. The van der Waals surface area contributed by atoms with Gasteiger partial charge in [-0.3, -0.25) is 4.79 Å². The van der Waals surface area contributed by atoms with Gasteiger partial charge in [-0.25, -0.2) is 4.39 Å². The lowest BCUT2D eigenvalue weighted by Crippen LogP contribution is -2.07. The van der Waals surface area contributed by atoms with Crippen molar-refractivity contribution in [3.8, 4) is 5.88 Å². The Hall–Kier alpha value is -3.06. The summed E-state index contributed by atoms with van der Waals surface area (Å²) in [5.74, 6) is -1.52. The van der Waals surface area contributed by atoms with E-state index in [0.29, 0.717) is 4.85 Å². The number of hydrogen-bond acceptors (Lipinski definition) is 4. The standard InChI is InChI=1S/C11H8FN5O3/c12-9-3-1-2-7(11(18)14-16-13)8(9)6-20-10-4-5-17(19)15-10/h1-5,19H,6H2. The lowest BCUT2D eigenvalue weighted by atomic mass is 10.1. The molecular weight excluding hydrogens is 269 g/mol. The van der Waals surface area contributed by atoms with E-state index >= 15 is 0 Å². The Labute approximate surface area is 111 Å². The van der Waals surface area contributed by atoms with E-state index in [1.807, 2.05) is 0 Å². The summed E-state index contributed by atoms with van der Waals surface area (Å²) >= 11 is 0. The predicted molar refractivity (Wildman–Crippen MR) is 63.6 cm³/mol. The molecule has 0 spiro atoms. The Bertz CT molecular complexity index is 693. The van der Waals surface area contributed by atoms with Gasteiger partial charge in [0, 0.05) is 22.1 Å². The summed E-state index contributed by atoms with van der Waals surface area (Å²) < 4.78 is 18.9. The molecule has 8 nitrogen and oxygen atoms in total. The minimum absolute atomic E-state index is 0.0536. The first-order valence-corrected chi connectivity index (χ1v) is 5.36. The highest BCUT2D eigenvalue weighted by atomic mass is 19.1. The van der Waals surface area contributed by atoms with Crippen molar-refractivity contribution in [2.24, 2.45) is 5.11 Å². The SMILES string of the molecule is [N-]=[N+]=NC(=O)c1cccc(F)c1COc1ccn(O)n1. The van der Waals surface area contributed by atoms with Crippen LogP contribution in [0, 0.1) is 5.82 Å². The van der Waals surface area contributed by atoms with Gasteiger partial charge in [-0.1, -0.05) is 17.2 Å². The normalized spacial score (nSPS) is 9.85. The third-order valence-corrected chi connectivity index (χ3v) is 2.40. The van der Waals surface area contributed by atoms with Crippen molar-refractivity contribution >= 4 is 5.91 Å². The largest absolute Gasteiger partial charge is 0.472 e. The zero-order valence-electron chi connectivity index (χ0n) is 9.97. The van der Waals surface area contributed by atoms with E-state index in [1.54, 1.807) is 0 Å². The summed E-state index contributed by atoms with van der Waals surface area (Å²) in [7, 11) is 0. The van der Waals surface area contributed by atoms with E-state index < -0.39 is 11.7 Å². The number of carbonyl (C=O) groups excluding carboxylic acids is 1. The molecule has 2 aromatic rings. The summed E-state index contributed by atoms with van der Waals surface area (Å²) in [6, 6.07) is 5.15. The fourth-order valence-corrected chi connectivity index (χ4v) is 1.52. The van der Waals surface area contributed by atoms with Crippen LogP contribution in [-0.4, -0.2) is 21.1 Å². The number of aromatic nitrogens is 2. The van der Waals surface area contributed by atoms with E-state index in [9.17, 15) is 9.18 Å². The third kappa shape index (κ3) is 2.85. The minimum atomic E-state index is -0.904. The van der Waals surface area contributed by atoms with Gasteiger partial charge in [0.25, 0.3) is 0 Å². The van der Waals surface area contributed by atoms with Gasteiger partial charge in [-0.15, -0.1) is 4.85 Å². The van der Waals surface area contributed by atoms with Gasteiger partial charge >= 0.3 is 0 Å². The molecule has 1 N–H and O–H groups in total. The highest BCUT2D eigenvalue weighted by Crippen LogP contribution is 2.17. The Kier molecular flexibility index (Phi) is 3.82. The lowest BCUT2D eigenvalue weighted by Gasteiger charge is -2.08. The van der Waals surface area contributed by atoms with Crippen LogP contribution >= 0.6 is 0 Å². The monoisotopic (exact) mass is 277 g/mol. The molecule has 1 amide bonds. The maximum Gasteiger partial charge on any atom is 0.249 e. The number of benzene rings is 1. The summed E-state index contributed by atoms with van der Waals surface area (Å²) in [5.41, 5.74) is 8.09. The van der Waals surface area contributed by atoms with Crippen LogP contribution in [0.25, 0.3) is 10.4 Å². The summed E-state index contributed by atoms with van der Waals surface area (Å²) in [6.07, 6.45) is 1.22. The van der Waals surface area contributed by atoms with Gasteiger partial charge in [-0.05, 0) is 16.7 Å². The minimum Gasteiger partial charge on any atom is -0.472 e. The Balaban J connectivity index is 2.25. The first-order chi connectivity index (χ1) is 9.61. The number of azide groups is 1. The first kappa shape index (κ1) is 13.4. The molecule has 1 aromatic heterocycles. The van der Waals surface area contributed by atoms with Gasteiger partial charge in [-0.2, -0.15) is 0 Å². The zero-order chi connectivity index (χ0) is 14.5. The van der Waals surface area contributed by atoms with Crippen molar-refractivity contribution in [2.45, 2.75) is 6.61 Å². The number of halogens is 1. The predicted octanol–water partition coefficient (Wildman–Crippen LogP) is 2.29. The fourth-order valence-electron chi connectivity index (χ4n) is 1.52. The molecule has 102 valence electrons. The molecule has 0 atom stereocenters. The van der Waals surface area contributed by atoms with E-state index in [1.165, 1.54) is 24.4 Å². The Morgan fingerprint density at radius 3 is 3.00 bits per heavy atom. The zero-order valence-corrected chi connectivity index (χ0v) is 9.97. The van der Waals surface area contributed by atoms with Crippen LogP contribution in [-0.2, 0) is 6.61 Å². The molecule has 0 radical (unpaired) electrons. The molecule has 0 fully saturated rings. The van der Waals surface area contributed by atoms with Gasteiger partial charge in [0.1, 0.15) is 12.4 Å². The van der Waals surface area contributed by atoms with Crippen LogP contribution in [0.4, 0.5) is 4.39 Å². The number of nitrogens with zero attached hydrogens (tertiary/aromatic N) is 5. The van der Waals surface area contributed by atoms with Crippen molar-refractivity contribution in [3.63, 3.8) is 0 Å². The van der Waals surface area contributed by atoms with E-state index in [4.69, 9.17) is 15.5 Å².